The monoisotopic (exact) mass is 296 g/mol. The molecule has 0 spiro atoms. The number of rotatable bonds is 7. The fraction of sp³-hybridized carbons (Fsp3) is 0.786. The maximum absolute atomic E-state index is 11.2. The largest absolute Gasteiger partial charge is 0.356 e. The van der Waals surface area contributed by atoms with E-state index in [0.717, 1.165) is 30.4 Å². The van der Waals surface area contributed by atoms with E-state index < -0.39 is 0 Å². The van der Waals surface area contributed by atoms with Crippen LogP contribution in [0, 0.1) is 0 Å². The number of aryl methyl sites for hydroxylation is 1. The van der Waals surface area contributed by atoms with Crippen LogP contribution < -0.4 is 5.32 Å². The highest BCUT2D eigenvalue weighted by molar-refractivity contribution is 7.98. The lowest BCUT2D eigenvalue weighted by Gasteiger charge is -2.16. The number of hydrogen-bond acceptors (Lipinski definition) is 4. The molecule has 1 heterocycles. The molecule has 1 aliphatic rings. The van der Waals surface area contributed by atoms with Crippen molar-refractivity contribution in [3.8, 4) is 0 Å². The van der Waals surface area contributed by atoms with Crippen LogP contribution in [0.2, 0.25) is 0 Å². The van der Waals surface area contributed by atoms with E-state index in [2.05, 4.69) is 26.3 Å². The minimum absolute atomic E-state index is 0.118. The van der Waals surface area contributed by atoms with Crippen molar-refractivity contribution in [2.24, 2.45) is 0 Å². The second-order valence-electron chi connectivity index (χ2n) is 5.22. The highest BCUT2D eigenvalue weighted by atomic mass is 32.2. The number of nitrogens with one attached hydrogen (secondary N) is 1. The van der Waals surface area contributed by atoms with Crippen molar-refractivity contribution >= 4 is 17.7 Å². The van der Waals surface area contributed by atoms with Crippen LogP contribution in [0.15, 0.2) is 5.16 Å². The van der Waals surface area contributed by atoms with Gasteiger partial charge in [-0.05, 0) is 25.5 Å². The molecular formula is C14H24N4OS. The van der Waals surface area contributed by atoms with Crippen LogP contribution in [0.4, 0.5) is 0 Å². The molecule has 1 aromatic rings. The molecule has 1 N–H and O–H groups in total. The standard InChI is InChI=1S/C14H24N4OS/c1-3-13(19)15-10-6-9-12-16-17-14(20-2)18(12)11-7-4-5-8-11/h11H,3-10H2,1-2H3,(H,15,19). The Hall–Kier alpha value is -1.04. The minimum Gasteiger partial charge on any atom is -0.356 e. The van der Waals surface area contributed by atoms with Crippen LogP contribution in [0.3, 0.4) is 0 Å². The first-order chi connectivity index (χ1) is 9.76. The van der Waals surface area contributed by atoms with Gasteiger partial charge in [0.25, 0.3) is 0 Å². The van der Waals surface area contributed by atoms with Gasteiger partial charge in [0, 0.05) is 25.4 Å². The molecule has 2 rings (SSSR count). The first kappa shape index (κ1) is 15.4. The van der Waals surface area contributed by atoms with E-state index in [9.17, 15) is 4.79 Å². The molecule has 0 unspecified atom stereocenters. The molecule has 5 nitrogen and oxygen atoms in total. The number of thioether (sulfide) groups is 1. The van der Waals surface area contributed by atoms with Crippen LogP contribution in [0.1, 0.15) is 57.3 Å². The molecule has 1 saturated carbocycles. The zero-order chi connectivity index (χ0) is 14.4. The zero-order valence-corrected chi connectivity index (χ0v) is 13.2. The predicted molar refractivity (Wildman–Crippen MR) is 80.9 cm³/mol. The third-order valence-electron chi connectivity index (χ3n) is 3.83. The van der Waals surface area contributed by atoms with Crippen molar-refractivity contribution < 1.29 is 4.79 Å². The lowest BCUT2D eigenvalue weighted by Crippen LogP contribution is -2.24. The van der Waals surface area contributed by atoms with Gasteiger partial charge in [0.05, 0.1) is 0 Å². The smallest absolute Gasteiger partial charge is 0.219 e. The predicted octanol–water partition coefficient (Wildman–Crippen LogP) is 2.57. The Balaban J connectivity index is 1.93. The fourth-order valence-electron chi connectivity index (χ4n) is 2.75. The van der Waals surface area contributed by atoms with Gasteiger partial charge < -0.3 is 9.88 Å². The minimum atomic E-state index is 0.118. The van der Waals surface area contributed by atoms with Gasteiger partial charge in [-0.15, -0.1) is 10.2 Å². The SMILES string of the molecule is CCC(=O)NCCCc1nnc(SC)n1C1CCCC1. The van der Waals surface area contributed by atoms with Crippen molar-refractivity contribution in [1.82, 2.24) is 20.1 Å². The van der Waals surface area contributed by atoms with E-state index in [-0.39, 0.29) is 5.91 Å². The summed E-state index contributed by atoms with van der Waals surface area (Å²) in [6.45, 7) is 2.59. The molecule has 0 aliphatic heterocycles. The summed E-state index contributed by atoms with van der Waals surface area (Å²) in [5.41, 5.74) is 0. The Kier molecular flexibility index (Phi) is 5.88. The van der Waals surface area contributed by atoms with Gasteiger partial charge in [-0.3, -0.25) is 4.79 Å². The molecule has 1 amide bonds. The number of carbonyl (C=O) groups is 1. The highest BCUT2D eigenvalue weighted by Gasteiger charge is 2.23. The first-order valence-corrected chi connectivity index (χ1v) is 8.73. The number of carbonyl (C=O) groups excluding carboxylic acids is 1. The number of amides is 1. The van der Waals surface area contributed by atoms with Crippen molar-refractivity contribution in [2.45, 2.75) is 63.1 Å². The van der Waals surface area contributed by atoms with Gasteiger partial charge in [0.15, 0.2) is 5.16 Å². The summed E-state index contributed by atoms with van der Waals surface area (Å²) in [6.07, 6.45) is 9.51. The summed E-state index contributed by atoms with van der Waals surface area (Å²) in [4.78, 5) is 11.2. The summed E-state index contributed by atoms with van der Waals surface area (Å²) in [6, 6.07) is 0.577. The number of nitrogens with zero attached hydrogens (tertiary/aromatic N) is 3. The summed E-state index contributed by atoms with van der Waals surface area (Å²) < 4.78 is 2.33. The van der Waals surface area contributed by atoms with Crippen LogP contribution in [0.25, 0.3) is 0 Å². The van der Waals surface area contributed by atoms with Gasteiger partial charge >= 0.3 is 0 Å². The Morgan fingerprint density at radius 3 is 2.80 bits per heavy atom. The van der Waals surface area contributed by atoms with Crippen LogP contribution in [-0.4, -0.2) is 33.5 Å². The summed E-state index contributed by atoms with van der Waals surface area (Å²) in [5.74, 6) is 1.19. The van der Waals surface area contributed by atoms with E-state index in [0.29, 0.717) is 12.5 Å². The fourth-order valence-corrected chi connectivity index (χ4v) is 3.32. The number of hydrogen-bond donors (Lipinski definition) is 1. The van der Waals surface area contributed by atoms with Crippen LogP contribution in [0.5, 0.6) is 0 Å². The van der Waals surface area contributed by atoms with Crippen molar-refractivity contribution in [1.29, 1.82) is 0 Å². The quantitative estimate of drug-likeness (QED) is 0.620. The second-order valence-corrected chi connectivity index (χ2v) is 5.99. The maximum Gasteiger partial charge on any atom is 0.219 e. The van der Waals surface area contributed by atoms with Crippen molar-refractivity contribution in [3.63, 3.8) is 0 Å². The Labute approximate surface area is 124 Å². The first-order valence-electron chi connectivity index (χ1n) is 7.50. The summed E-state index contributed by atoms with van der Waals surface area (Å²) >= 11 is 1.67. The molecule has 20 heavy (non-hydrogen) atoms. The third kappa shape index (κ3) is 3.75. The van der Waals surface area contributed by atoms with Crippen LogP contribution >= 0.6 is 11.8 Å². The van der Waals surface area contributed by atoms with Gasteiger partial charge in [-0.25, -0.2) is 0 Å². The van der Waals surface area contributed by atoms with Gasteiger partial charge in [-0.2, -0.15) is 0 Å². The molecule has 0 bridgehead atoms. The zero-order valence-electron chi connectivity index (χ0n) is 12.4. The Morgan fingerprint density at radius 2 is 2.15 bits per heavy atom. The van der Waals surface area contributed by atoms with Gasteiger partial charge in [0.1, 0.15) is 5.82 Å². The van der Waals surface area contributed by atoms with E-state index in [1.807, 2.05) is 6.92 Å². The van der Waals surface area contributed by atoms with Crippen molar-refractivity contribution in [2.75, 3.05) is 12.8 Å². The van der Waals surface area contributed by atoms with Gasteiger partial charge in [0.2, 0.25) is 5.91 Å². The molecule has 0 aromatic carbocycles. The molecule has 0 saturated heterocycles. The Morgan fingerprint density at radius 1 is 1.40 bits per heavy atom. The van der Waals surface area contributed by atoms with E-state index in [4.69, 9.17) is 0 Å². The maximum atomic E-state index is 11.2. The molecular weight excluding hydrogens is 272 g/mol. The summed E-state index contributed by atoms with van der Waals surface area (Å²) in [5, 5.41) is 12.6. The molecule has 0 atom stereocenters. The van der Waals surface area contributed by atoms with Crippen LogP contribution in [-0.2, 0) is 11.2 Å². The van der Waals surface area contributed by atoms with E-state index in [1.165, 1.54) is 25.7 Å². The summed E-state index contributed by atoms with van der Waals surface area (Å²) in [7, 11) is 0. The highest BCUT2D eigenvalue weighted by Crippen LogP contribution is 2.33. The van der Waals surface area contributed by atoms with E-state index in [1.54, 1.807) is 11.8 Å². The molecule has 112 valence electrons. The van der Waals surface area contributed by atoms with Gasteiger partial charge in [-0.1, -0.05) is 31.5 Å². The molecule has 1 aromatic heterocycles. The normalized spacial score (nSPS) is 15.7. The third-order valence-corrected chi connectivity index (χ3v) is 4.47. The topological polar surface area (TPSA) is 59.8 Å². The van der Waals surface area contributed by atoms with E-state index >= 15 is 0 Å². The lowest BCUT2D eigenvalue weighted by atomic mass is 10.2. The molecule has 6 heteroatoms. The Bertz CT molecular complexity index is 440. The average Bonchev–Trinajstić information content (AvgIpc) is 3.11. The second kappa shape index (κ2) is 7.67. The number of aromatic nitrogens is 3. The van der Waals surface area contributed by atoms with Crippen molar-refractivity contribution in [3.05, 3.63) is 5.82 Å². The molecule has 1 aliphatic carbocycles. The lowest BCUT2D eigenvalue weighted by molar-refractivity contribution is -0.120. The average molecular weight is 296 g/mol. The molecule has 1 fully saturated rings. The molecule has 0 radical (unpaired) electrons.